The highest BCUT2D eigenvalue weighted by Gasteiger charge is 2.27. The molecule has 1 aliphatic carbocycles. The fraction of sp³-hybridized carbons (Fsp3) is 0.533. The highest BCUT2D eigenvalue weighted by molar-refractivity contribution is 5.79. The van der Waals surface area contributed by atoms with Crippen LogP contribution in [0.15, 0.2) is 18.2 Å². The number of aromatic nitrogens is 2. The Bertz CT molecular complexity index is 590. The normalized spacial score (nSPS) is 23.9. The standard InChI is InChI=1S/C15H21N3O/c1-2-15-17-11-9-10(16)7-8-12(11)18(15)13-5-3-4-6-14(13)19/h7-9,13-14,19H,2-6,16H2,1H3. The van der Waals surface area contributed by atoms with Gasteiger partial charge in [-0.25, -0.2) is 4.98 Å². The molecule has 1 aromatic heterocycles. The van der Waals surface area contributed by atoms with Crippen molar-refractivity contribution in [3.63, 3.8) is 0 Å². The SMILES string of the molecule is CCc1nc2cc(N)ccc2n1C1CCCCC1O. The van der Waals surface area contributed by atoms with Gasteiger partial charge in [0.25, 0.3) is 0 Å². The average Bonchev–Trinajstić information content (AvgIpc) is 2.76. The van der Waals surface area contributed by atoms with Gasteiger partial charge in [0.15, 0.2) is 0 Å². The third-order valence-electron chi connectivity index (χ3n) is 4.13. The van der Waals surface area contributed by atoms with E-state index in [0.717, 1.165) is 48.2 Å². The van der Waals surface area contributed by atoms with Gasteiger partial charge in [-0.3, -0.25) is 0 Å². The highest BCUT2D eigenvalue weighted by atomic mass is 16.3. The Morgan fingerprint density at radius 3 is 2.89 bits per heavy atom. The van der Waals surface area contributed by atoms with Crippen molar-refractivity contribution in [2.45, 2.75) is 51.2 Å². The molecule has 3 N–H and O–H groups in total. The zero-order valence-electron chi connectivity index (χ0n) is 11.3. The highest BCUT2D eigenvalue weighted by Crippen LogP contribution is 2.33. The van der Waals surface area contributed by atoms with Gasteiger partial charge < -0.3 is 15.4 Å². The number of anilines is 1. The van der Waals surface area contributed by atoms with Crippen LogP contribution in [0.5, 0.6) is 0 Å². The Morgan fingerprint density at radius 1 is 1.37 bits per heavy atom. The zero-order valence-corrected chi connectivity index (χ0v) is 11.3. The lowest BCUT2D eigenvalue weighted by molar-refractivity contribution is 0.0760. The first kappa shape index (κ1) is 12.5. The number of benzene rings is 1. The minimum Gasteiger partial charge on any atom is -0.399 e. The third-order valence-corrected chi connectivity index (χ3v) is 4.13. The van der Waals surface area contributed by atoms with Crippen LogP contribution in [0.4, 0.5) is 5.69 Å². The fourth-order valence-electron chi connectivity index (χ4n) is 3.18. The van der Waals surface area contributed by atoms with Crippen molar-refractivity contribution >= 4 is 16.7 Å². The maximum Gasteiger partial charge on any atom is 0.109 e. The molecule has 4 nitrogen and oxygen atoms in total. The topological polar surface area (TPSA) is 64.1 Å². The van der Waals surface area contributed by atoms with E-state index >= 15 is 0 Å². The first-order chi connectivity index (χ1) is 9.20. The predicted molar refractivity (Wildman–Crippen MR) is 77.0 cm³/mol. The van der Waals surface area contributed by atoms with Crippen LogP contribution in [-0.4, -0.2) is 20.8 Å². The van der Waals surface area contributed by atoms with Crippen molar-refractivity contribution in [2.24, 2.45) is 0 Å². The van der Waals surface area contributed by atoms with Crippen molar-refractivity contribution in [2.75, 3.05) is 5.73 Å². The van der Waals surface area contributed by atoms with Crippen LogP contribution in [0.25, 0.3) is 11.0 Å². The second-order valence-corrected chi connectivity index (χ2v) is 5.42. The number of hydrogen-bond acceptors (Lipinski definition) is 3. The Labute approximate surface area is 113 Å². The molecule has 0 spiro atoms. The molecule has 0 saturated heterocycles. The number of aliphatic hydroxyl groups is 1. The molecule has 1 saturated carbocycles. The lowest BCUT2D eigenvalue weighted by Gasteiger charge is -2.30. The Hall–Kier alpha value is -1.55. The number of rotatable bonds is 2. The molecule has 0 radical (unpaired) electrons. The predicted octanol–water partition coefficient (Wildman–Crippen LogP) is 2.66. The molecule has 1 fully saturated rings. The molecule has 1 aromatic carbocycles. The molecule has 3 rings (SSSR count). The van der Waals surface area contributed by atoms with Gasteiger partial charge in [-0.2, -0.15) is 0 Å². The van der Waals surface area contributed by atoms with E-state index in [1.165, 1.54) is 6.42 Å². The largest absolute Gasteiger partial charge is 0.399 e. The summed E-state index contributed by atoms with van der Waals surface area (Å²) in [6.07, 6.45) is 4.84. The van der Waals surface area contributed by atoms with Gasteiger partial charge in [0.2, 0.25) is 0 Å². The lowest BCUT2D eigenvalue weighted by Crippen LogP contribution is -2.28. The number of aliphatic hydroxyl groups excluding tert-OH is 1. The third kappa shape index (κ3) is 2.10. The van der Waals surface area contributed by atoms with Gasteiger partial charge in [-0.15, -0.1) is 0 Å². The van der Waals surface area contributed by atoms with Crippen molar-refractivity contribution in [1.82, 2.24) is 9.55 Å². The van der Waals surface area contributed by atoms with Gasteiger partial charge >= 0.3 is 0 Å². The zero-order chi connectivity index (χ0) is 13.4. The summed E-state index contributed by atoms with van der Waals surface area (Å²) in [6.45, 7) is 2.11. The monoisotopic (exact) mass is 259 g/mol. The Kier molecular flexibility index (Phi) is 3.19. The molecular formula is C15H21N3O. The van der Waals surface area contributed by atoms with Crippen molar-refractivity contribution in [1.29, 1.82) is 0 Å². The first-order valence-corrected chi connectivity index (χ1v) is 7.15. The van der Waals surface area contributed by atoms with Gasteiger partial charge in [0.05, 0.1) is 23.2 Å². The molecule has 0 bridgehead atoms. The van der Waals surface area contributed by atoms with Gasteiger partial charge in [0, 0.05) is 12.1 Å². The quantitative estimate of drug-likeness (QED) is 0.815. The summed E-state index contributed by atoms with van der Waals surface area (Å²) in [4.78, 5) is 4.67. The van der Waals surface area contributed by atoms with E-state index in [1.54, 1.807) is 0 Å². The van der Waals surface area contributed by atoms with Crippen molar-refractivity contribution in [3.05, 3.63) is 24.0 Å². The molecular weight excluding hydrogens is 238 g/mol. The molecule has 1 aliphatic rings. The molecule has 0 aliphatic heterocycles. The summed E-state index contributed by atoms with van der Waals surface area (Å²) in [5, 5.41) is 10.3. The van der Waals surface area contributed by atoms with Crippen LogP contribution in [0.3, 0.4) is 0 Å². The van der Waals surface area contributed by atoms with Crippen LogP contribution < -0.4 is 5.73 Å². The van der Waals surface area contributed by atoms with Crippen LogP contribution in [-0.2, 0) is 6.42 Å². The number of nitrogens with two attached hydrogens (primary N) is 1. The summed E-state index contributed by atoms with van der Waals surface area (Å²) >= 11 is 0. The number of nitrogen functional groups attached to an aromatic ring is 1. The second kappa shape index (κ2) is 4.85. The number of imidazole rings is 1. The van der Waals surface area contributed by atoms with E-state index < -0.39 is 0 Å². The van der Waals surface area contributed by atoms with E-state index in [-0.39, 0.29) is 12.1 Å². The molecule has 0 amide bonds. The van der Waals surface area contributed by atoms with E-state index in [9.17, 15) is 5.11 Å². The Balaban J connectivity index is 2.14. The average molecular weight is 259 g/mol. The van der Waals surface area contributed by atoms with Crippen LogP contribution in [0.2, 0.25) is 0 Å². The summed E-state index contributed by atoms with van der Waals surface area (Å²) in [5.41, 5.74) is 8.61. The smallest absolute Gasteiger partial charge is 0.109 e. The molecule has 2 atom stereocenters. The van der Waals surface area contributed by atoms with E-state index in [2.05, 4.69) is 16.5 Å². The lowest BCUT2D eigenvalue weighted by atomic mass is 9.92. The van der Waals surface area contributed by atoms with Gasteiger partial charge in [0.1, 0.15) is 5.82 Å². The summed E-state index contributed by atoms with van der Waals surface area (Å²) in [5.74, 6) is 1.05. The van der Waals surface area contributed by atoms with Crippen LogP contribution >= 0.6 is 0 Å². The number of hydrogen-bond donors (Lipinski definition) is 2. The first-order valence-electron chi connectivity index (χ1n) is 7.15. The van der Waals surface area contributed by atoms with Crippen LogP contribution in [0, 0.1) is 0 Å². The number of aryl methyl sites for hydroxylation is 1. The van der Waals surface area contributed by atoms with Crippen LogP contribution in [0.1, 0.15) is 44.5 Å². The van der Waals surface area contributed by atoms with E-state index in [0.29, 0.717) is 0 Å². The molecule has 2 aromatic rings. The van der Waals surface area contributed by atoms with Gasteiger partial charge in [-0.05, 0) is 31.0 Å². The van der Waals surface area contributed by atoms with Gasteiger partial charge in [-0.1, -0.05) is 19.8 Å². The molecule has 4 heteroatoms. The fourth-order valence-corrected chi connectivity index (χ4v) is 3.18. The van der Waals surface area contributed by atoms with E-state index in [1.807, 2.05) is 18.2 Å². The summed E-state index contributed by atoms with van der Waals surface area (Å²) < 4.78 is 2.23. The maximum absolute atomic E-state index is 10.3. The maximum atomic E-state index is 10.3. The Morgan fingerprint density at radius 2 is 2.16 bits per heavy atom. The van der Waals surface area contributed by atoms with E-state index in [4.69, 9.17) is 5.73 Å². The minimum atomic E-state index is -0.256. The number of fused-ring (bicyclic) bond motifs is 1. The number of nitrogens with zero attached hydrogens (tertiary/aromatic N) is 2. The molecule has 2 unspecified atom stereocenters. The molecule has 1 heterocycles. The minimum absolute atomic E-state index is 0.164. The second-order valence-electron chi connectivity index (χ2n) is 5.42. The molecule has 102 valence electrons. The molecule has 19 heavy (non-hydrogen) atoms. The summed E-state index contributed by atoms with van der Waals surface area (Å²) in [6, 6.07) is 6.02. The van der Waals surface area contributed by atoms with Crippen molar-refractivity contribution < 1.29 is 5.11 Å². The van der Waals surface area contributed by atoms with Crippen molar-refractivity contribution in [3.8, 4) is 0 Å². The summed E-state index contributed by atoms with van der Waals surface area (Å²) in [7, 11) is 0.